The Kier molecular flexibility index (Phi) is 4.47. The maximum absolute atomic E-state index is 13.5. The van der Waals surface area contributed by atoms with Crippen LogP contribution in [0.5, 0.6) is 5.75 Å². The summed E-state index contributed by atoms with van der Waals surface area (Å²) >= 11 is 11.6. The molecule has 0 saturated carbocycles. The van der Waals surface area contributed by atoms with E-state index in [4.69, 9.17) is 33.0 Å². The van der Waals surface area contributed by atoms with Gasteiger partial charge in [-0.3, -0.25) is 0 Å². The Bertz CT molecular complexity index is 659. The van der Waals surface area contributed by atoms with Gasteiger partial charge < -0.3 is 9.84 Å². The smallest absolute Gasteiger partial charge is 0.341 e. The van der Waals surface area contributed by atoms with E-state index < -0.39 is 11.8 Å². The van der Waals surface area contributed by atoms with Gasteiger partial charge in [0, 0.05) is 10.6 Å². The van der Waals surface area contributed by atoms with E-state index in [-0.39, 0.29) is 28.5 Å². The maximum atomic E-state index is 13.5. The third-order valence-corrected chi connectivity index (χ3v) is 3.13. The molecule has 104 valence electrons. The number of benzene rings is 2. The van der Waals surface area contributed by atoms with Crippen molar-refractivity contribution in [1.82, 2.24) is 0 Å². The van der Waals surface area contributed by atoms with Crippen molar-refractivity contribution in [2.24, 2.45) is 0 Å². The summed E-state index contributed by atoms with van der Waals surface area (Å²) in [5.74, 6) is -1.62. The highest BCUT2D eigenvalue weighted by atomic mass is 35.5. The number of carboxylic acids is 1. The Morgan fingerprint density at radius 2 is 2.00 bits per heavy atom. The van der Waals surface area contributed by atoms with Crippen LogP contribution in [0.4, 0.5) is 4.39 Å². The summed E-state index contributed by atoms with van der Waals surface area (Å²) in [6.07, 6.45) is 0. The first-order valence-electron chi connectivity index (χ1n) is 5.57. The molecule has 20 heavy (non-hydrogen) atoms. The van der Waals surface area contributed by atoms with Crippen molar-refractivity contribution in [3.8, 4) is 5.75 Å². The highest BCUT2D eigenvalue weighted by molar-refractivity contribution is 6.33. The van der Waals surface area contributed by atoms with Gasteiger partial charge in [-0.1, -0.05) is 29.3 Å². The number of hydrogen-bond donors (Lipinski definition) is 1. The van der Waals surface area contributed by atoms with E-state index in [1.54, 1.807) is 6.07 Å². The average Bonchev–Trinajstić information content (AvgIpc) is 2.39. The Morgan fingerprint density at radius 1 is 1.25 bits per heavy atom. The van der Waals surface area contributed by atoms with Gasteiger partial charge in [0.05, 0.1) is 5.02 Å². The van der Waals surface area contributed by atoms with Crippen LogP contribution in [0, 0.1) is 5.82 Å². The normalized spacial score (nSPS) is 10.3. The first-order chi connectivity index (χ1) is 9.49. The Labute approximate surface area is 124 Å². The minimum Gasteiger partial charge on any atom is -0.488 e. The fourth-order valence-electron chi connectivity index (χ4n) is 1.64. The van der Waals surface area contributed by atoms with Crippen molar-refractivity contribution in [3.05, 3.63) is 63.4 Å². The third-order valence-electron chi connectivity index (χ3n) is 2.58. The first-order valence-corrected chi connectivity index (χ1v) is 6.33. The zero-order valence-electron chi connectivity index (χ0n) is 10.1. The van der Waals surface area contributed by atoms with Crippen LogP contribution in [0.1, 0.15) is 15.9 Å². The molecule has 0 atom stereocenters. The van der Waals surface area contributed by atoms with E-state index in [0.717, 1.165) is 0 Å². The molecule has 0 aromatic heterocycles. The predicted octanol–water partition coefficient (Wildman–Crippen LogP) is 4.41. The Hall–Kier alpha value is -1.78. The first kappa shape index (κ1) is 14.6. The molecule has 0 spiro atoms. The lowest BCUT2D eigenvalue weighted by Gasteiger charge is -2.11. The molecule has 0 bridgehead atoms. The Balaban J connectivity index is 2.25. The molecule has 0 fully saturated rings. The van der Waals surface area contributed by atoms with Crippen LogP contribution in [0.15, 0.2) is 36.4 Å². The number of halogens is 3. The molecule has 0 aliphatic heterocycles. The van der Waals surface area contributed by atoms with Crippen LogP contribution in [0.2, 0.25) is 10.0 Å². The van der Waals surface area contributed by atoms with E-state index in [2.05, 4.69) is 0 Å². The quantitative estimate of drug-likeness (QED) is 0.909. The lowest BCUT2D eigenvalue weighted by atomic mass is 10.2. The number of aromatic carboxylic acids is 1. The lowest BCUT2D eigenvalue weighted by molar-refractivity contribution is 0.0692. The van der Waals surface area contributed by atoms with Crippen LogP contribution < -0.4 is 4.74 Å². The molecule has 0 aliphatic rings. The summed E-state index contributed by atoms with van der Waals surface area (Å²) in [6.45, 7) is -0.146. The highest BCUT2D eigenvalue weighted by Crippen LogP contribution is 2.27. The lowest BCUT2D eigenvalue weighted by Crippen LogP contribution is -2.05. The van der Waals surface area contributed by atoms with E-state index in [1.807, 2.05) is 0 Å². The maximum Gasteiger partial charge on any atom is 0.341 e. The predicted molar refractivity (Wildman–Crippen MR) is 74.2 cm³/mol. The van der Waals surface area contributed by atoms with Crippen molar-refractivity contribution in [2.75, 3.05) is 0 Å². The van der Waals surface area contributed by atoms with Crippen LogP contribution in [-0.4, -0.2) is 11.1 Å². The van der Waals surface area contributed by atoms with Crippen LogP contribution >= 0.6 is 23.2 Å². The second kappa shape index (κ2) is 6.11. The molecule has 0 radical (unpaired) electrons. The van der Waals surface area contributed by atoms with Crippen molar-refractivity contribution in [1.29, 1.82) is 0 Å². The summed E-state index contributed by atoms with van der Waals surface area (Å²) in [7, 11) is 0. The highest BCUT2D eigenvalue weighted by Gasteiger charge is 2.16. The molecule has 0 unspecified atom stereocenters. The van der Waals surface area contributed by atoms with Crippen molar-refractivity contribution >= 4 is 29.2 Å². The monoisotopic (exact) mass is 314 g/mol. The van der Waals surface area contributed by atoms with Gasteiger partial charge in [-0.2, -0.15) is 0 Å². The van der Waals surface area contributed by atoms with E-state index in [1.165, 1.54) is 30.3 Å². The summed E-state index contributed by atoms with van der Waals surface area (Å²) in [4.78, 5) is 11.1. The zero-order valence-corrected chi connectivity index (χ0v) is 11.6. The second-order valence-corrected chi connectivity index (χ2v) is 4.79. The van der Waals surface area contributed by atoms with Crippen LogP contribution in [0.25, 0.3) is 0 Å². The van der Waals surface area contributed by atoms with E-state index in [9.17, 15) is 9.18 Å². The van der Waals surface area contributed by atoms with Crippen molar-refractivity contribution < 1.29 is 19.0 Å². The number of ether oxygens (including phenoxy) is 1. The molecular weight excluding hydrogens is 306 g/mol. The van der Waals surface area contributed by atoms with Gasteiger partial charge >= 0.3 is 5.97 Å². The fourth-order valence-corrected chi connectivity index (χ4v) is 2.08. The minimum atomic E-state index is -1.21. The molecule has 2 aromatic rings. The van der Waals surface area contributed by atoms with Crippen molar-refractivity contribution in [2.45, 2.75) is 6.61 Å². The average molecular weight is 315 g/mol. The fraction of sp³-hybridized carbons (Fsp3) is 0.0714. The Morgan fingerprint density at radius 3 is 2.70 bits per heavy atom. The van der Waals surface area contributed by atoms with Gasteiger partial charge in [0.1, 0.15) is 23.7 Å². The van der Waals surface area contributed by atoms with Crippen LogP contribution in [-0.2, 0) is 6.61 Å². The molecule has 0 heterocycles. The largest absolute Gasteiger partial charge is 0.488 e. The zero-order chi connectivity index (χ0) is 14.7. The number of carbonyl (C=O) groups is 1. The molecule has 0 aliphatic carbocycles. The van der Waals surface area contributed by atoms with E-state index in [0.29, 0.717) is 5.02 Å². The van der Waals surface area contributed by atoms with Gasteiger partial charge in [-0.15, -0.1) is 0 Å². The molecular formula is C14H9Cl2FO3. The third kappa shape index (κ3) is 3.21. The van der Waals surface area contributed by atoms with Gasteiger partial charge in [0.15, 0.2) is 0 Å². The molecule has 1 N–H and O–H groups in total. The number of carboxylic acid groups (broad SMARTS) is 1. The summed E-state index contributed by atoms with van der Waals surface area (Å²) in [5.41, 5.74) is 0.0745. The molecule has 3 nitrogen and oxygen atoms in total. The van der Waals surface area contributed by atoms with Gasteiger partial charge in [0.25, 0.3) is 0 Å². The molecule has 2 rings (SSSR count). The van der Waals surface area contributed by atoms with Gasteiger partial charge in [-0.05, 0) is 30.3 Å². The molecule has 0 saturated heterocycles. The van der Waals surface area contributed by atoms with Gasteiger partial charge in [-0.25, -0.2) is 9.18 Å². The SMILES string of the molecule is O=C(O)c1c(Cl)cccc1OCc1cc(Cl)ccc1F. The van der Waals surface area contributed by atoms with Crippen LogP contribution in [0.3, 0.4) is 0 Å². The number of hydrogen-bond acceptors (Lipinski definition) is 2. The topological polar surface area (TPSA) is 46.5 Å². The second-order valence-electron chi connectivity index (χ2n) is 3.94. The summed E-state index contributed by atoms with van der Waals surface area (Å²) in [6, 6.07) is 8.51. The molecule has 6 heteroatoms. The summed E-state index contributed by atoms with van der Waals surface area (Å²) < 4.78 is 18.9. The van der Waals surface area contributed by atoms with Gasteiger partial charge in [0.2, 0.25) is 0 Å². The molecule has 0 amide bonds. The van der Waals surface area contributed by atoms with E-state index >= 15 is 0 Å². The minimum absolute atomic E-state index is 0.0570. The summed E-state index contributed by atoms with van der Waals surface area (Å²) in [5, 5.41) is 9.51. The number of rotatable bonds is 4. The van der Waals surface area contributed by atoms with Crippen molar-refractivity contribution in [3.63, 3.8) is 0 Å². The molecule has 2 aromatic carbocycles. The standard InChI is InChI=1S/C14H9Cl2FO3/c15-9-4-5-11(17)8(6-9)7-20-12-3-1-2-10(16)13(12)14(18)19/h1-6H,7H2,(H,18,19).